The Bertz CT molecular complexity index is 27.0. The minimum Gasteiger partial charge on any atom is -0.870 e. The number of hydrogen-bond acceptors (Lipinski definition) is 2. The van der Waals surface area contributed by atoms with Gasteiger partial charge in [0.15, 0.2) is 0 Å². The molecule has 0 heterocycles. The van der Waals surface area contributed by atoms with E-state index in [0.29, 0.717) is 0 Å². The molecule has 6 heavy (non-hydrogen) atoms. The van der Waals surface area contributed by atoms with Crippen molar-refractivity contribution in [3.05, 3.63) is 0 Å². The molecule has 0 aromatic rings. The van der Waals surface area contributed by atoms with Gasteiger partial charge in [0.05, 0.1) is 0 Å². The Morgan fingerprint density at radius 1 is 1.17 bits per heavy atom. The zero-order valence-corrected chi connectivity index (χ0v) is 7.32. The maximum atomic E-state index is 9.69. The van der Waals surface area contributed by atoms with Crippen LogP contribution in [-0.4, -0.2) is 8.56 Å². The molecule has 0 aliphatic rings. The van der Waals surface area contributed by atoms with Gasteiger partial charge in [-0.2, -0.15) is 8.56 Å². The van der Waals surface area contributed by atoms with Crippen molar-refractivity contribution in [2.45, 2.75) is 13.1 Å². The maximum absolute atomic E-state index is 9.69. The van der Waals surface area contributed by atoms with E-state index in [0.717, 1.165) is 0 Å². The maximum Gasteiger partial charge on any atom is 1.00 e. The molecule has 0 N–H and O–H groups in total. The van der Waals surface area contributed by atoms with E-state index in [4.69, 9.17) is 0 Å². The third-order valence-corrected chi connectivity index (χ3v) is 0. The average molecular weight is 113 g/mol. The molecule has 32 valence electrons. The van der Waals surface area contributed by atoms with Crippen molar-refractivity contribution in [1.82, 2.24) is 0 Å². The van der Waals surface area contributed by atoms with Gasteiger partial charge in [-0.15, -0.1) is 13.1 Å². The van der Waals surface area contributed by atoms with Crippen LogP contribution in [0.3, 0.4) is 0 Å². The van der Waals surface area contributed by atoms with Crippen molar-refractivity contribution in [3.63, 3.8) is 0 Å². The molecule has 0 aliphatic carbocycles. The van der Waals surface area contributed by atoms with Crippen molar-refractivity contribution < 1.29 is 39.1 Å². The molecule has 0 spiro atoms. The van der Waals surface area contributed by atoms with E-state index in [2.05, 4.69) is 0 Å². The Labute approximate surface area is 60.7 Å². The Kier molecular flexibility index (Phi) is 5.40. The smallest absolute Gasteiger partial charge is 0.870 e. The van der Waals surface area contributed by atoms with Gasteiger partial charge in [0.1, 0.15) is 0 Å². The first-order valence-electron chi connectivity index (χ1n) is 1.41. The second-order valence-electron chi connectivity index (χ2n) is 1.40. The van der Waals surface area contributed by atoms with Gasteiger partial charge < -0.3 is 9.59 Å². The Morgan fingerprint density at radius 2 is 1.17 bits per heavy atom. The van der Waals surface area contributed by atoms with Crippen LogP contribution in [0.1, 0.15) is 0 Å². The van der Waals surface area contributed by atoms with Gasteiger partial charge in [-0.3, -0.25) is 0 Å². The Hall–Kier alpha value is 1.14. The first-order valence-corrected chi connectivity index (χ1v) is 4.22. The normalized spacial score (nSPS) is 10.0. The van der Waals surface area contributed by atoms with Crippen LogP contribution in [-0.2, 0) is 0 Å². The van der Waals surface area contributed by atoms with Crippen LogP contribution in [0.4, 0.5) is 0 Å². The first kappa shape index (κ1) is 10.2. The van der Waals surface area contributed by atoms with E-state index < -0.39 is 8.56 Å². The quantitative estimate of drug-likeness (QED) is 0.297. The van der Waals surface area contributed by atoms with Crippen molar-refractivity contribution in [3.8, 4) is 0 Å². The summed E-state index contributed by atoms with van der Waals surface area (Å²) < 4.78 is 0. The minimum absolute atomic E-state index is 0. The molecule has 0 aromatic carbocycles. The second kappa shape index (κ2) is 3.18. The van der Waals surface area contributed by atoms with Gasteiger partial charge in [-0.1, -0.05) is 0 Å². The van der Waals surface area contributed by atoms with Crippen LogP contribution in [0.25, 0.3) is 0 Å². The molecule has 0 atom stereocenters. The van der Waals surface area contributed by atoms with E-state index in [1.807, 2.05) is 0 Å². The molecule has 4 heteroatoms. The molecular weight excluding hydrogens is 107 g/mol. The molecule has 0 rings (SSSR count). The van der Waals surface area contributed by atoms with Gasteiger partial charge in [0.25, 0.3) is 0 Å². The van der Waals surface area contributed by atoms with Gasteiger partial charge in [0.2, 0.25) is 0 Å². The molecular formula is C2H6NaO2Si-. The van der Waals surface area contributed by atoms with Crippen LogP contribution in [0.15, 0.2) is 0 Å². The van der Waals surface area contributed by atoms with Crippen LogP contribution in [0.2, 0.25) is 13.1 Å². The Morgan fingerprint density at radius 3 is 1.17 bits per heavy atom. The molecule has 0 bridgehead atoms. The average Bonchev–Trinajstić information content (AvgIpc) is 0.722. The summed E-state index contributed by atoms with van der Waals surface area (Å²) in [6.45, 7) is 2.43. The third-order valence-electron chi connectivity index (χ3n) is 0. The Balaban J connectivity index is 0. The van der Waals surface area contributed by atoms with Gasteiger partial charge in [-0.25, -0.2) is 0 Å². The fraction of sp³-hybridized carbons (Fsp3) is 1.00. The van der Waals surface area contributed by atoms with Crippen LogP contribution in [0, 0.1) is 0 Å². The fourth-order valence-corrected chi connectivity index (χ4v) is 0. The fourth-order valence-electron chi connectivity index (χ4n) is 0. The van der Waals surface area contributed by atoms with E-state index in [-0.39, 0.29) is 29.6 Å². The van der Waals surface area contributed by atoms with E-state index in [9.17, 15) is 9.59 Å². The van der Waals surface area contributed by atoms with Gasteiger partial charge in [-0.05, 0) is 0 Å². The summed E-state index contributed by atoms with van der Waals surface area (Å²) in [6, 6.07) is 0. The van der Waals surface area contributed by atoms with Crippen LogP contribution < -0.4 is 39.1 Å². The molecule has 0 amide bonds. The third kappa shape index (κ3) is 68.0. The summed E-state index contributed by atoms with van der Waals surface area (Å²) in [5.74, 6) is 0. The topological polar surface area (TPSA) is 46.1 Å². The van der Waals surface area contributed by atoms with Crippen molar-refractivity contribution in [2.75, 3.05) is 0 Å². The van der Waals surface area contributed by atoms with Crippen LogP contribution in [0.5, 0.6) is 0 Å². The first-order chi connectivity index (χ1) is 2.00. The molecule has 0 aromatic heterocycles. The van der Waals surface area contributed by atoms with Gasteiger partial charge >= 0.3 is 29.6 Å². The van der Waals surface area contributed by atoms with E-state index in [1.54, 1.807) is 0 Å². The predicted octanol–water partition coefficient (Wildman–Crippen LogP) is -4.59. The van der Waals surface area contributed by atoms with E-state index in [1.165, 1.54) is 13.1 Å². The van der Waals surface area contributed by atoms with Crippen LogP contribution >= 0.6 is 0 Å². The van der Waals surface area contributed by atoms with Gasteiger partial charge in [0, 0.05) is 0 Å². The summed E-state index contributed by atoms with van der Waals surface area (Å²) >= 11 is 0. The van der Waals surface area contributed by atoms with Crippen molar-refractivity contribution >= 4 is 8.56 Å². The molecule has 0 saturated heterocycles. The molecule has 0 fully saturated rings. The van der Waals surface area contributed by atoms with Crippen molar-refractivity contribution in [2.24, 2.45) is 0 Å². The monoisotopic (exact) mass is 113 g/mol. The molecule has 2 nitrogen and oxygen atoms in total. The SMILES string of the molecule is C[Si](C)([O-])[O-].[Na+]. The zero-order valence-electron chi connectivity index (χ0n) is 4.32. The van der Waals surface area contributed by atoms with E-state index >= 15 is 0 Å². The summed E-state index contributed by atoms with van der Waals surface area (Å²) in [5, 5.41) is 0. The minimum atomic E-state index is -3.11. The summed E-state index contributed by atoms with van der Waals surface area (Å²) in [6.07, 6.45) is 0. The summed E-state index contributed by atoms with van der Waals surface area (Å²) in [4.78, 5) is 19.4. The summed E-state index contributed by atoms with van der Waals surface area (Å²) in [7, 11) is -3.11. The van der Waals surface area contributed by atoms with Crippen molar-refractivity contribution in [1.29, 1.82) is 0 Å². The number of hydrogen-bond donors (Lipinski definition) is 0. The molecule has 0 radical (unpaired) electrons. The largest absolute Gasteiger partial charge is 1.00 e. The molecule has 0 unspecified atom stereocenters. The second-order valence-corrected chi connectivity index (χ2v) is 4.20. The standard InChI is InChI=1S/C2H6O2Si.Na/c1-5(2,3)4;/h1-2H3;/q-2;+1. The summed E-state index contributed by atoms with van der Waals surface area (Å²) in [5.41, 5.74) is 0. The predicted molar refractivity (Wildman–Crippen MR) is 17.5 cm³/mol. The zero-order chi connectivity index (χ0) is 4.50. The number of rotatable bonds is 0. The molecule has 0 saturated carbocycles. The molecule has 0 aliphatic heterocycles.